The summed E-state index contributed by atoms with van der Waals surface area (Å²) in [6.07, 6.45) is 1.57. The van der Waals surface area contributed by atoms with Gasteiger partial charge >= 0.3 is 0 Å². The van der Waals surface area contributed by atoms with Crippen molar-refractivity contribution in [3.8, 4) is 11.6 Å². The predicted octanol–water partition coefficient (Wildman–Crippen LogP) is 2.26. The molecule has 136 valence electrons. The first-order valence-corrected chi connectivity index (χ1v) is 9.00. The van der Waals surface area contributed by atoms with Gasteiger partial charge in [0.15, 0.2) is 11.9 Å². The number of piperazine rings is 1. The number of pyridine rings is 1. The molecule has 0 bridgehead atoms. The fraction of sp³-hybridized carbons (Fsp3) is 0.400. The maximum absolute atomic E-state index is 11.4. The van der Waals surface area contributed by atoms with Crippen LogP contribution in [0.3, 0.4) is 0 Å². The molecule has 2 aromatic rings. The van der Waals surface area contributed by atoms with E-state index >= 15 is 0 Å². The highest BCUT2D eigenvalue weighted by atomic mass is 16.6. The van der Waals surface area contributed by atoms with Gasteiger partial charge in [-0.25, -0.2) is 4.98 Å². The highest BCUT2D eigenvalue weighted by Gasteiger charge is 2.23. The molecule has 1 saturated heterocycles. The Balaban J connectivity index is 1.35. The van der Waals surface area contributed by atoms with Crippen molar-refractivity contribution in [1.29, 1.82) is 0 Å². The highest BCUT2D eigenvalue weighted by molar-refractivity contribution is 5.73. The van der Waals surface area contributed by atoms with Crippen LogP contribution in [0.1, 0.15) is 24.2 Å². The zero-order chi connectivity index (χ0) is 17.9. The first-order chi connectivity index (χ1) is 12.7. The van der Waals surface area contributed by atoms with Crippen molar-refractivity contribution in [3.63, 3.8) is 0 Å². The molecule has 1 aromatic carbocycles. The number of fused-ring (bicyclic) bond motifs is 1. The van der Waals surface area contributed by atoms with Gasteiger partial charge in [-0.1, -0.05) is 24.3 Å². The van der Waals surface area contributed by atoms with Crippen LogP contribution in [0.2, 0.25) is 0 Å². The van der Waals surface area contributed by atoms with Gasteiger partial charge in [-0.2, -0.15) is 0 Å². The van der Waals surface area contributed by atoms with Crippen molar-refractivity contribution in [1.82, 2.24) is 14.8 Å². The van der Waals surface area contributed by atoms with Gasteiger partial charge in [-0.3, -0.25) is 9.69 Å². The van der Waals surface area contributed by atoms with E-state index in [1.807, 2.05) is 17.0 Å². The second kappa shape index (κ2) is 7.33. The fourth-order valence-electron chi connectivity index (χ4n) is 3.39. The lowest BCUT2D eigenvalue weighted by Gasteiger charge is -2.34. The number of rotatable bonds is 3. The molecule has 3 heterocycles. The molecule has 26 heavy (non-hydrogen) atoms. The van der Waals surface area contributed by atoms with Crippen LogP contribution < -0.4 is 9.47 Å². The summed E-state index contributed by atoms with van der Waals surface area (Å²) in [6, 6.07) is 12.2. The van der Waals surface area contributed by atoms with Gasteiger partial charge in [0.25, 0.3) is 5.88 Å². The summed E-state index contributed by atoms with van der Waals surface area (Å²) < 4.78 is 11.7. The Hall–Kier alpha value is -2.60. The van der Waals surface area contributed by atoms with Crippen LogP contribution in [0.4, 0.5) is 0 Å². The first-order valence-electron chi connectivity index (χ1n) is 9.00. The van der Waals surface area contributed by atoms with Crippen molar-refractivity contribution in [2.24, 2.45) is 0 Å². The van der Waals surface area contributed by atoms with Crippen LogP contribution in [-0.2, 0) is 11.3 Å². The van der Waals surface area contributed by atoms with Gasteiger partial charge in [0, 0.05) is 45.8 Å². The Kier molecular flexibility index (Phi) is 4.75. The number of ether oxygens (including phenoxy) is 2. The minimum atomic E-state index is -0.134. The molecule has 2 aliphatic heterocycles. The second-order valence-corrected chi connectivity index (χ2v) is 6.75. The number of nitrogens with zero attached hydrogens (tertiary/aromatic N) is 3. The molecule has 6 heteroatoms. The number of hydrogen-bond acceptors (Lipinski definition) is 5. The molecular weight excluding hydrogens is 330 g/mol. The summed E-state index contributed by atoms with van der Waals surface area (Å²) >= 11 is 0. The summed E-state index contributed by atoms with van der Waals surface area (Å²) in [5.74, 6) is 1.42. The third-order valence-electron chi connectivity index (χ3n) is 4.96. The molecule has 2 aliphatic rings. The Labute approximate surface area is 153 Å². The minimum Gasteiger partial charge on any atom is -0.484 e. The van der Waals surface area contributed by atoms with E-state index in [-0.39, 0.29) is 12.0 Å². The zero-order valence-corrected chi connectivity index (χ0v) is 14.9. The van der Waals surface area contributed by atoms with Crippen molar-refractivity contribution in [3.05, 3.63) is 53.7 Å². The van der Waals surface area contributed by atoms with E-state index < -0.39 is 0 Å². The Bertz CT molecular complexity index is 770. The average Bonchev–Trinajstić information content (AvgIpc) is 2.68. The molecule has 4 rings (SSSR count). The number of amides is 1. The third kappa shape index (κ3) is 3.65. The van der Waals surface area contributed by atoms with Crippen LogP contribution in [0.25, 0.3) is 0 Å². The molecule has 0 spiro atoms. The summed E-state index contributed by atoms with van der Waals surface area (Å²) in [7, 11) is 0. The SMILES string of the molecule is CC(=O)N1CCN(Cc2ccc([C@H]3COc4cccnc4O3)cc2)CC1. The Morgan fingerprint density at radius 1 is 1.15 bits per heavy atom. The van der Waals surface area contributed by atoms with Crippen LogP contribution >= 0.6 is 0 Å². The molecule has 0 N–H and O–H groups in total. The quantitative estimate of drug-likeness (QED) is 0.847. The van der Waals surface area contributed by atoms with E-state index in [0.717, 1.165) is 38.3 Å². The van der Waals surface area contributed by atoms with Gasteiger partial charge < -0.3 is 14.4 Å². The molecule has 1 atom stereocenters. The van der Waals surface area contributed by atoms with Crippen molar-refractivity contribution >= 4 is 5.91 Å². The molecule has 6 nitrogen and oxygen atoms in total. The largest absolute Gasteiger partial charge is 0.484 e. The lowest BCUT2D eigenvalue weighted by molar-refractivity contribution is -0.130. The van der Waals surface area contributed by atoms with E-state index in [9.17, 15) is 4.79 Å². The average molecular weight is 353 g/mol. The van der Waals surface area contributed by atoms with E-state index in [1.54, 1.807) is 13.1 Å². The van der Waals surface area contributed by atoms with Crippen LogP contribution in [0, 0.1) is 0 Å². The molecule has 1 aromatic heterocycles. The third-order valence-corrected chi connectivity index (χ3v) is 4.96. The maximum atomic E-state index is 11.4. The molecule has 0 radical (unpaired) electrons. The second-order valence-electron chi connectivity index (χ2n) is 6.75. The topological polar surface area (TPSA) is 54.9 Å². The van der Waals surface area contributed by atoms with Gasteiger partial charge in [-0.05, 0) is 23.3 Å². The smallest absolute Gasteiger partial charge is 0.257 e. The number of carbonyl (C=O) groups is 1. The summed E-state index contributed by atoms with van der Waals surface area (Å²) in [5, 5.41) is 0. The number of aromatic nitrogens is 1. The van der Waals surface area contributed by atoms with E-state index in [1.165, 1.54) is 5.56 Å². The van der Waals surface area contributed by atoms with E-state index in [2.05, 4.69) is 34.1 Å². The molecule has 0 aliphatic carbocycles. The van der Waals surface area contributed by atoms with Crippen molar-refractivity contribution < 1.29 is 14.3 Å². The van der Waals surface area contributed by atoms with Crippen LogP contribution in [0.5, 0.6) is 11.6 Å². The molecular formula is C20H23N3O3. The lowest BCUT2D eigenvalue weighted by Crippen LogP contribution is -2.47. The van der Waals surface area contributed by atoms with E-state index in [0.29, 0.717) is 18.2 Å². The summed E-state index contributed by atoms with van der Waals surface area (Å²) in [4.78, 5) is 19.9. The van der Waals surface area contributed by atoms with E-state index in [4.69, 9.17) is 9.47 Å². The normalized spacial score (nSPS) is 20.0. The van der Waals surface area contributed by atoms with Gasteiger partial charge in [-0.15, -0.1) is 0 Å². The first kappa shape index (κ1) is 16.8. The van der Waals surface area contributed by atoms with Gasteiger partial charge in [0.1, 0.15) is 6.61 Å². The van der Waals surface area contributed by atoms with Crippen molar-refractivity contribution in [2.45, 2.75) is 19.6 Å². The number of carbonyl (C=O) groups excluding carboxylic acids is 1. The standard InChI is InChI=1S/C20H23N3O3/c1-15(24)23-11-9-22(10-12-23)13-16-4-6-17(7-5-16)19-14-25-18-3-2-8-21-20(18)26-19/h2-8,19H,9-14H2,1H3/t19-/m1/s1. The predicted molar refractivity (Wildman–Crippen MR) is 97.1 cm³/mol. The zero-order valence-electron chi connectivity index (χ0n) is 14.9. The van der Waals surface area contributed by atoms with Gasteiger partial charge in [0.2, 0.25) is 5.91 Å². The number of benzene rings is 1. The summed E-state index contributed by atoms with van der Waals surface area (Å²) in [6.45, 7) is 6.50. The fourth-order valence-corrected chi connectivity index (χ4v) is 3.39. The highest BCUT2D eigenvalue weighted by Crippen LogP contribution is 2.33. The van der Waals surface area contributed by atoms with Gasteiger partial charge in [0.05, 0.1) is 0 Å². The summed E-state index contributed by atoms with van der Waals surface area (Å²) in [5.41, 5.74) is 2.35. The lowest BCUT2D eigenvalue weighted by atomic mass is 10.1. The van der Waals surface area contributed by atoms with Crippen LogP contribution in [0.15, 0.2) is 42.6 Å². The monoisotopic (exact) mass is 353 g/mol. The molecule has 1 fully saturated rings. The molecule has 1 amide bonds. The van der Waals surface area contributed by atoms with Crippen molar-refractivity contribution in [2.75, 3.05) is 32.8 Å². The van der Waals surface area contributed by atoms with Crippen LogP contribution in [-0.4, -0.2) is 53.5 Å². The maximum Gasteiger partial charge on any atom is 0.257 e. The molecule has 0 unspecified atom stereocenters. The number of hydrogen-bond donors (Lipinski definition) is 0. The molecule has 0 saturated carbocycles. The minimum absolute atomic E-state index is 0.134. The Morgan fingerprint density at radius 2 is 1.92 bits per heavy atom. The Morgan fingerprint density at radius 3 is 2.65 bits per heavy atom.